The highest BCUT2D eigenvalue weighted by molar-refractivity contribution is 7.91. The van der Waals surface area contributed by atoms with Gasteiger partial charge in [0.15, 0.2) is 9.84 Å². The average Bonchev–Trinajstić information content (AvgIpc) is 2.65. The normalized spacial score (nSPS) is 18.0. The lowest BCUT2D eigenvalue weighted by Gasteiger charge is -2.33. The summed E-state index contributed by atoms with van der Waals surface area (Å²) in [5.41, 5.74) is 0.997. The molecule has 1 aliphatic rings. The molecule has 10 heteroatoms. The van der Waals surface area contributed by atoms with Gasteiger partial charge in [0.05, 0.1) is 11.5 Å². The Balaban J connectivity index is 1.77. The van der Waals surface area contributed by atoms with Crippen molar-refractivity contribution in [1.82, 2.24) is 4.90 Å². The number of hydrogen-bond acceptors (Lipinski definition) is 5. The lowest BCUT2D eigenvalue weighted by atomic mass is 10.0. The summed E-state index contributed by atoms with van der Waals surface area (Å²) in [6, 6.07) is 13.0. The van der Waals surface area contributed by atoms with Gasteiger partial charge in [-0.2, -0.15) is 0 Å². The van der Waals surface area contributed by atoms with Crippen molar-refractivity contribution in [3.05, 3.63) is 60.2 Å². The smallest absolute Gasteiger partial charge is 0.406 e. The van der Waals surface area contributed by atoms with Crippen LogP contribution in [0.4, 0.5) is 18.9 Å². The number of halogens is 3. The highest BCUT2D eigenvalue weighted by Gasteiger charge is 2.33. The first-order chi connectivity index (χ1) is 13.6. The molecule has 3 rings (SSSR count). The maximum Gasteiger partial charge on any atom is 0.573 e. The minimum Gasteiger partial charge on any atom is -0.406 e. The van der Waals surface area contributed by atoms with Crippen LogP contribution in [-0.4, -0.2) is 50.2 Å². The molecule has 0 bridgehead atoms. The number of hydrogen-bond donors (Lipinski definition) is 1. The molecule has 2 aromatic carbocycles. The van der Waals surface area contributed by atoms with Gasteiger partial charge < -0.3 is 10.1 Å². The molecular weight excluding hydrogens is 409 g/mol. The third-order valence-corrected chi connectivity index (χ3v) is 6.07. The van der Waals surface area contributed by atoms with Gasteiger partial charge in [-0.05, 0) is 29.8 Å². The van der Waals surface area contributed by atoms with Crippen molar-refractivity contribution in [2.75, 3.05) is 29.9 Å². The third kappa shape index (κ3) is 5.94. The number of nitrogens with one attached hydrogen (secondary N) is 1. The van der Waals surface area contributed by atoms with Crippen LogP contribution in [0.15, 0.2) is 54.6 Å². The molecule has 0 aliphatic carbocycles. The van der Waals surface area contributed by atoms with Gasteiger partial charge in [-0.3, -0.25) is 9.69 Å². The number of carbonyl (C=O) groups excluding carboxylic acids is 1. The van der Waals surface area contributed by atoms with Gasteiger partial charge in [0, 0.05) is 18.8 Å². The molecule has 2 aromatic rings. The van der Waals surface area contributed by atoms with Crippen LogP contribution in [-0.2, 0) is 14.6 Å². The standard InChI is InChI=1S/C19H19F3N2O4S/c20-19(21,22)28-16-8-6-15(7-9-16)23-18(25)17(14-4-2-1-3-5-14)24-10-12-29(26,27)13-11-24/h1-9,17H,10-13H2,(H,23,25). The number of carbonyl (C=O) groups is 1. The Morgan fingerprint density at radius 1 is 1.00 bits per heavy atom. The van der Waals surface area contributed by atoms with Crippen molar-refractivity contribution in [3.63, 3.8) is 0 Å². The third-order valence-electron chi connectivity index (χ3n) is 4.46. The summed E-state index contributed by atoms with van der Waals surface area (Å²) in [5, 5.41) is 2.68. The maximum atomic E-state index is 13.0. The number of ether oxygens (including phenoxy) is 1. The van der Waals surface area contributed by atoms with Crippen molar-refractivity contribution in [3.8, 4) is 5.75 Å². The molecule has 1 aliphatic heterocycles. The van der Waals surface area contributed by atoms with Gasteiger partial charge >= 0.3 is 6.36 Å². The summed E-state index contributed by atoms with van der Waals surface area (Å²) >= 11 is 0. The molecule has 1 fully saturated rings. The zero-order valence-corrected chi connectivity index (χ0v) is 16.0. The van der Waals surface area contributed by atoms with Crippen LogP contribution in [0.3, 0.4) is 0 Å². The number of anilines is 1. The minimum atomic E-state index is -4.79. The molecule has 1 unspecified atom stereocenters. The van der Waals surface area contributed by atoms with E-state index in [-0.39, 0.29) is 24.6 Å². The van der Waals surface area contributed by atoms with E-state index >= 15 is 0 Å². The molecule has 1 amide bonds. The number of benzene rings is 2. The van der Waals surface area contributed by atoms with E-state index in [4.69, 9.17) is 0 Å². The number of nitrogens with zero attached hydrogens (tertiary/aromatic N) is 1. The van der Waals surface area contributed by atoms with E-state index in [2.05, 4.69) is 10.1 Å². The fourth-order valence-corrected chi connectivity index (χ4v) is 4.33. The monoisotopic (exact) mass is 428 g/mol. The van der Waals surface area contributed by atoms with E-state index in [9.17, 15) is 26.4 Å². The number of rotatable bonds is 5. The first-order valence-electron chi connectivity index (χ1n) is 8.79. The van der Waals surface area contributed by atoms with E-state index < -0.39 is 33.9 Å². The van der Waals surface area contributed by atoms with Crippen molar-refractivity contribution >= 4 is 21.4 Å². The Labute approximate surface area is 166 Å². The molecule has 0 spiro atoms. The lowest BCUT2D eigenvalue weighted by Crippen LogP contribution is -2.46. The number of sulfone groups is 1. The van der Waals surface area contributed by atoms with Crippen molar-refractivity contribution < 1.29 is 31.1 Å². The zero-order chi connectivity index (χ0) is 21.1. The van der Waals surface area contributed by atoms with Crippen molar-refractivity contribution in [2.24, 2.45) is 0 Å². The zero-order valence-electron chi connectivity index (χ0n) is 15.2. The molecule has 29 heavy (non-hydrogen) atoms. The fraction of sp³-hybridized carbons (Fsp3) is 0.316. The fourth-order valence-electron chi connectivity index (χ4n) is 3.10. The van der Waals surface area contributed by atoms with E-state index in [1.807, 2.05) is 0 Å². The largest absolute Gasteiger partial charge is 0.573 e. The molecule has 0 radical (unpaired) electrons. The van der Waals surface area contributed by atoms with Crippen LogP contribution in [0.1, 0.15) is 11.6 Å². The van der Waals surface area contributed by atoms with Crippen LogP contribution in [0.25, 0.3) is 0 Å². The molecule has 1 N–H and O–H groups in total. The number of amides is 1. The average molecular weight is 428 g/mol. The Hall–Kier alpha value is -2.59. The van der Waals surface area contributed by atoms with Crippen LogP contribution in [0.2, 0.25) is 0 Å². The summed E-state index contributed by atoms with van der Waals surface area (Å²) in [6.07, 6.45) is -4.79. The molecule has 6 nitrogen and oxygen atoms in total. The topological polar surface area (TPSA) is 75.7 Å². The predicted octanol–water partition coefficient (Wildman–Crippen LogP) is 3.00. The van der Waals surface area contributed by atoms with Crippen LogP contribution in [0.5, 0.6) is 5.75 Å². The highest BCUT2D eigenvalue weighted by atomic mass is 32.2. The molecule has 1 atom stereocenters. The van der Waals surface area contributed by atoms with Crippen LogP contribution < -0.4 is 10.1 Å². The summed E-state index contributed by atoms with van der Waals surface area (Å²) < 4.78 is 64.1. The van der Waals surface area contributed by atoms with Gasteiger partial charge in [-0.1, -0.05) is 30.3 Å². The maximum absolute atomic E-state index is 13.0. The summed E-state index contributed by atoms with van der Waals surface area (Å²) in [5.74, 6) is -0.864. The first-order valence-corrected chi connectivity index (χ1v) is 10.6. The van der Waals surface area contributed by atoms with Gasteiger partial charge in [-0.25, -0.2) is 8.42 Å². The minimum absolute atomic E-state index is 0.0346. The Kier molecular flexibility index (Phi) is 6.13. The predicted molar refractivity (Wildman–Crippen MR) is 101 cm³/mol. The second-order valence-electron chi connectivity index (χ2n) is 6.56. The highest BCUT2D eigenvalue weighted by Crippen LogP contribution is 2.27. The molecule has 1 heterocycles. The SMILES string of the molecule is O=C(Nc1ccc(OC(F)(F)F)cc1)C(c1ccccc1)N1CCS(=O)(=O)CC1. The molecule has 156 valence electrons. The lowest BCUT2D eigenvalue weighted by molar-refractivity contribution is -0.274. The van der Waals surface area contributed by atoms with Crippen molar-refractivity contribution in [1.29, 1.82) is 0 Å². The van der Waals surface area contributed by atoms with E-state index in [0.717, 1.165) is 12.1 Å². The second kappa shape index (κ2) is 8.42. The molecular formula is C19H19F3N2O4S. The Bertz CT molecular complexity index is 934. The first kappa shape index (κ1) is 21.1. The van der Waals surface area contributed by atoms with E-state index in [0.29, 0.717) is 11.3 Å². The van der Waals surface area contributed by atoms with E-state index in [1.165, 1.54) is 12.1 Å². The quantitative estimate of drug-likeness (QED) is 0.793. The second-order valence-corrected chi connectivity index (χ2v) is 8.87. The van der Waals surface area contributed by atoms with Crippen molar-refractivity contribution in [2.45, 2.75) is 12.4 Å². The Morgan fingerprint density at radius 3 is 2.14 bits per heavy atom. The van der Waals surface area contributed by atoms with E-state index in [1.54, 1.807) is 35.2 Å². The Morgan fingerprint density at radius 2 is 1.59 bits per heavy atom. The summed E-state index contributed by atoms with van der Waals surface area (Å²) in [4.78, 5) is 14.8. The van der Waals surface area contributed by atoms with Gasteiger partial charge in [0.2, 0.25) is 5.91 Å². The summed E-state index contributed by atoms with van der Waals surface area (Å²) in [6.45, 7) is 0.432. The van der Waals surface area contributed by atoms with Gasteiger partial charge in [0.25, 0.3) is 0 Å². The summed E-state index contributed by atoms with van der Waals surface area (Å²) in [7, 11) is -3.11. The van der Waals surface area contributed by atoms with Crippen LogP contribution >= 0.6 is 0 Å². The van der Waals surface area contributed by atoms with Crippen LogP contribution in [0, 0.1) is 0 Å². The van der Waals surface area contributed by atoms with Gasteiger partial charge in [-0.15, -0.1) is 13.2 Å². The van der Waals surface area contributed by atoms with Gasteiger partial charge in [0.1, 0.15) is 11.8 Å². The number of alkyl halides is 3. The molecule has 0 saturated carbocycles. The molecule has 0 aromatic heterocycles. The molecule has 1 saturated heterocycles.